The molecule has 0 N–H and O–H groups in total. The Hall–Kier alpha value is -1.05. The molecule has 0 spiro atoms. The first-order chi connectivity index (χ1) is 8.82. The highest BCUT2D eigenvalue weighted by Gasteiger charge is 2.16. The molecule has 0 amide bonds. The highest BCUT2D eigenvalue weighted by molar-refractivity contribution is 8.13. The van der Waals surface area contributed by atoms with Crippen LogP contribution < -0.4 is 0 Å². The maximum Gasteiger partial charge on any atom is 0.280 e. The van der Waals surface area contributed by atoms with Crippen molar-refractivity contribution in [2.45, 2.75) is 24.9 Å². The molecular formula is C10H12Cl2N4O2S. The molecule has 0 saturated carbocycles. The number of imidazole rings is 1. The van der Waals surface area contributed by atoms with Crippen LogP contribution in [0, 0.1) is 0 Å². The average Bonchev–Trinajstić information content (AvgIpc) is 2.88. The molecule has 0 aliphatic heterocycles. The van der Waals surface area contributed by atoms with Gasteiger partial charge < -0.3 is 4.57 Å². The summed E-state index contributed by atoms with van der Waals surface area (Å²) in [5.41, 5.74) is 1.60. The largest absolute Gasteiger partial charge is 0.330 e. The third kappa shape index (κ3) is 2.93. The first-order valence-corrected chi connectivity index (χ1v) is 8.18. The lowest BCUT2D eigenvalue weighted by molar-refractivity contribution is 0.606. The molecule has 104 valence electrons. The Morgan fingerprint density at radius 1 is 1.42 bits per heavy atom. The molecule has 0 aromatic carbocycles. The Morgan fingerprint density at radius 3 is 2.58 bits per heavy atom. The first-order valence-electron chi connectivity index (χ1n) is 5.49. The zero-order valence-electron chi connectivity index (χ0n) is 10.3. The van der Waals surface area contributed by atoms with E-state index in [1.165, 1.54) is 12.5 Å². The van der Waals surface area contributed by atoms with Gasteiger partial charge in [0.1, 0.15) is 0 Å². The Bertz CT molecular complexity index is 705. The molecule has 0 unspecified atom stereocenters. The normalized spacial score (nSPS) is 12.0. The fourth-order valence-corrected chi connectivity index (χ4v) is 2.74. The van der Waals surface area contributed by atoms with Crippen molar-refractivity contribution < 1.29 is 8.42 Å². The zero-order chi connectivity index (χ0) is 14.2. The Labute approximate surface area is 120 Å². The summed E-state index contributed by atoms with van der Waals surface area (Å²) in [6.07, 6.45) is 3.49. The van der Waals surface area contributed by atoms with Gasteiger partial charge in [-0.05, 0) is 6.42 Å². The van der Waals surface area contributed by atoms with Crippen LogP contribution in [0.25, 0.3) is 0 Å². The highest BCUT2D eigenvalue weighted by atomic mass is 35.7. The Morgan fingerprint density at radius 2 is 2.11 bits per heavy atom. The second-order valence-corrected chi connectivity index (χ2v) is 6.90. The van der Waals surface area contributed by atoms with E-state index in [0.717, 1.165) is 17.8 Å². The minimum atomic E-state index is -3.81. The topological polar surface area (TPSA) is 69.8 Å². The molecule has 0 radical (unpaired) electrons. The van der Waals surface area contributed by atoms with E-state index < -0.39 is 9.05 Å². The van der Waals surface area contributed by atoms with E-state index in [-0.39, 0.29) is 5.03 Å². The predicted molar refractivity (Wildman–Crippen MR) is 72.0 cm³/mol. The standard InChI is InChI=1S/C10H12Cl2N4O2S/c1-3-7-10(11)8(15(2)14-7)4-16-5-9(13-6-16)19(12,17)18/h5-6H,3-4H2,1-2H3. The SMILES string of the molecule is CCc1nn(C)c(Cn2cnc(S(=O)(=O)Cl)c2)c1Cl. The van der Waals surface area contributed by atoms with Crippen molar-refractivity contribution in [1.29, 1.82) is 0 Å². The van der Waals surface area contributed by atoms with E-state index in [9.17, 15) is 8.42 Å². The van der Waals surface area contributed by atoms with Gasteiger partial charge in [-0.3, -0.25) is 4.68 Å². The highest BCUT2D eigenvalue weighted by Crippen LogP contribution is 2.22. The summed E-state index contributed by atoms with van der Waals surface area (Å²) in [4.78, 5) is 3.74. The van der Waals surface area contributed by atoms with Gasteiger partial charge in [-0.1, -0.05) is 18.5 Å². The lowest BCUT2D eigenvalue weighted by atomic mass is 10.3. The minimum Gasteiger partial charge on any atom is -0.330 e. The monoisotopic (exact) mass is 322 g/mol. The van der Waals surface area contributed by atoms with E-state index in [2.05, 4.69) is 10.1 Å². The van der Waals surface area contributed by atoms with Crippen LogP contribution in [-0.2, 0) is 29.1 Å². The summed E-state index contributed by atoms with van der Waals surface area (Å²) >= 11 is 6.21. The van der Waals surface area contributed by atoms with E-state index in [0.29, 0.717) is 11.6 Å². The van der Waals surface area contributed by atoms with Gasteiger partial charge in [0.15, 0.2) is 5.03 Å². The number of halogens is 2. The van der Waals surface area contributed by atoms with Crippen LogP contribution in [0.1, 0.15) is 18.3 Å². The lowest BCUT2D eigenvalue weighted by Gasteiger charge is -2.03. The third-order valence-corrected chi connectivity index (χ3v) is 4.32. The molecule has 0 fully saturated rings. The number of hydrogen-bond donors (Lipinski definition) is 0. The number of rotatable bonds is 4. The summed E-state index contributed by atoms with van der Waals surface area (Å²) in [6, 6.07) is 0. The van der Waals surface area contributed by atoms with Gasteiger partial charge in [0.25, 0.3) is 9.05 Å². The van der Waals surface area contributed by atoms with E-state index in [4.69, 9.17) is 22.3 Å². The van der Waals surface area contributed by atoms with Gasteiger partial charge >= 0.3 is 0 Å². The quantitative estimate of drug-likeness (QED) is 0.805. The number of hydrogen-bond acceptors (Lipinski definition) is 4. The maximum absolute atomic E-state index is 11.1. The molecule has 2 rings (SSSR count). The van der Waals surface area contributed by atoms with Gasteiger partial charge in [-0.2, -0.15) is 5.10 Å². The van der Waals surface area contributed by atoms with Crippen LogP contribution in [0.4, 0.5) is 0 Å². The Kier molecular flexibility index (Phi) is 3.89. The van der Waals surface area contributed by atoms with Crippen molar-refractivity contribution in [3.8, 4) is 0 Å². The fraction of sp³-hybridized carbons (Fsp3) is 0.400. The zero-order valence-corrected chi connectivity index (χ0v) is 12.7. The molecule has 0 saturated heterocycles. The van der Waals surface area contributed by atoms with Crippen molar-refractivity contribution in [1.82, 2.24) is 19.3 Å². The third-order valence-electron chi connectivity index (χ3n) is 2.69. The summed E-state index contributed by atoms with van der Waals surface area (Å²) in [6.45, 7) is 2.34. The molecule has 0 atom stereocenters. The molecule has 6 nitrogen and oxygen atoms in total. The lowest BCUT2D eigenvalue weighted by Crippen LogP contribution is -2.04. The first kappa shape index (κ1) is 14.4. The Balaban J connectivity index is 2.32. The molecular weight excluding hydrogens is 311 g/mol. The molecule has 19 heavy (non-hydrogen) atoms. The fourth-order valence-electron chi connectivity index (χ4n) is 1.72. The van der Waals surface area contributed by atoms with Crippen LogP contribution in [0.5, 0.6) is 0 Å². The number of nitrogens with zero attached hydrogens (tertiary/aromatic N) is 4. The molecule has 2 aromatic rings. The van der Waals surface area contributed by atoms with Crippen molar-refractivity contribution >= 4 is 31.3 Å². The second-order valence-electron chi connectivity index (χ2n) is 4.01. The van der Waals surface area contributed by atoms with E-state index >= 15 is 0 Å². The predicted octanol–water partition coefficient (Wildman–Crippen LogP) is 1.81. The molecule has 2 heterocycles. The van der Waals surface area contributed by atoms with Crippen molar-refractivity contribution in [2.24, 2.45) is 7.05 Å². The molecule has 2 aromatic heterocycles. The molecule has 0 aliphatic rings. The number of aromatic nitrogens is 4. The van der Waals surface area contributed by atoms with Gasteiger partial charge in [0.2, 0.25) is 0 Å². The minimum absolute atomic E-state index is 0.178. The van der Waals surface area contributed by atoms with Crippen LogP contribution >= 0.6 is 22.3 Å². The van der Waals surface area contributed by atoms with E-state index in [1.54, 1.807) is 16.3 Å². The van der Waals surface area contributed by atoms with Crippen molar-refractivity contribution in [3.05, 3.63) is 28.9 Å². The van der Waals surface area contributed by atoms with Crippen LogP contribution in [-0.4, -0.2) is 27.7 Å². The second kappa shape index (κ2) is 5.15. The van der Waals surface area contributed by atoms with Crippen LogP contribution in [0.3, 0.4) is 0 Å². The van der Waals surface area contributed by atoms with Gasteiger partial charge in [-0.15, -0.1) is 0 Å². The van der Waals surface area contributed by atoms with Crippen molar-refractivity contribution in [3.63, 3.8) is 0 Å². The van der Waals surface area contributed by atoms with Crippen LogP contribution in [0.15, 0.2) is 17.6 Å². The summed E-state index contributed by atoms with van der Waals surface area (Å²) in [5.74, 6) is 0. The van der Waals surface area contributed by atoms with Gasteiger partial charge in [0, 0.05) is 23.9 Å². The van der Waals surface area contributed by atoms with Crippen LogP contribution in [0.2, 0.25) is 5.02 Å². The molecule has 9 heteroatoms. The molecule has 0 bridgehead atoms. The number of aryl methyl sites for hydroxylation is 2. The summed E-state index contributed by atoms with van der Waals surface area (Å²) < 4.78 is 25.5. The summed E-state index contributed by atoms with van der Waals surface area (Å²) in [5, 5.41) is 4.70. The van der Waals surface area contributed by atoms with E-state index in [1.807, 2.05) is 6.92 Å². The smallest absolute Gasteiger partial charge is 0.280 e. The van der Waals surface area contributed by atoms with Gasteiger partial charge in [0.05, 0.1) is 29.3 Å². The summed E-state index contributed by atoms with van der Waals surface area (Å²) in [7, 11) is 3.20. The average molecular weight is 323 g/mol. The maximum atomic E-state index is 11.1. The van der Waals surface area contributed by atoms with Gasteiger partial charge in [-0.25, -0.2) is 13.4 Å². The van der Waals surface area contributed by atoms with Crippen molar-refractivity contribution in [2.75, 3.05) is 0 Å². The molecule has 0 aliphatic carbocycles.